The molecule has 0 unspecified atom stereocenters. The van der Waals surface area contributed by atoms with Crippen LogP contribution in [0, 0.1) is 0 Å². The van der Waals surface area contributed by atoms with E-state index in [1.165, 1.54) is 36.6 Å². The first-order valence-electron chi connectivity index (χ1n) is 5.53. The maximum atomic E-state index is 3.49. The van der Waals surface area contributed by atoms with Crippen molar-refractivity contribution in [2.45, 2.75) is 44.4 Å². The lowest BCUT2D eigenvalue weighted by atomic mass is 9.62. The summed E-state index contributed by atoms with van der Waals surface area (Å²) in [5, 5.41) is 0. The van der Waals surface area contributed by atoms with Gasteiger partial charge in [0.1, 0.15) is 0 Å². The molecule has 1 aromatic rings. The van der Waals surface area contributed by atoms with Crippen LogP contribution in [0.2, 0.25) is 0 Å². The lowest BCUT2D eigenvalue weighted by Crippen LogP contribution is -2.33. The largest absolute Gasteiger partial charge is 0.0654 e. The van der Waals surface area contributed by atoms with Crippen molar-refractivity contribution in [3.05, 3.63) is 34.3 Å². The quantitative estimate of drug-likeness (QED) is 0.734. The maximum Gasteiger partial charge on any atom is 0.0175 e. The van der Waals surface area contributed by atoms with E-state index in [2.05, 4.69) is 47.1 Å². The van der Waals surface area contributed by atoms with E-state index in [0.29, 0.717) is 5.41 Å². The average Bonchev–Trinajstić information content (AvgIpc) is 2.13. The summed E-state index contributed by atoms with van der Waals surface area (Å²) in [6, 6.07) is 8.92. The third kappa shape index (κ3) is 1.75. The van der Waals surface area contributed by atoms with E-state index in [1.54, 1.807) is 5.56 Å². The molecule has 0 amide bonds. The minimum atomic E-state index is 0.537. The highest BCUT2D eigenvalue weighted by Crippen LogP contribution is 2.47. The molecule has 76 valence electrons. The van der Waals surface area contributed by atoms with Crippen LogP contribution in [0.4, 0.5) is 0 Å². The monoisotopic (exact) mass is 252 g/mol. The fraction of sp³-hybridized carbons (Fsp3) is 0.538. The van der Waals surface area contributed by atoms with E-state index in [1.807, 2.05) is 0 Å². The van der Waals surface area contributed by atoms with Crippen LogP contribution >= 0.6 is 15.9 Å². The molecule has 1 heteroatoms. The normalized spacial score (nSPS) is 19.0. The van der Waals surface area contributed by atoms with Crippen molar-refractivity contribution in [3.63, 3.8) is 0 Å². The molecule has 0 N–H and O–H groups in total. The van der Waals surface area contributed by atoms with Gasteiger partial charge in [-0.05, 0) is 42.4 Å². The summed E-state index contributed by atoms with van der Waals surface area (Å²) in [7, 11) is 0. The molecule has 0 atom stereocenters. The highest BCUT2D eigenvalue weighted by molar-refractivity contribution is 9.10. The van der Waals surface area contributed by atoms with Crippen LogP contribution in [-0.4, -0.2) is 0 Å². The van der Waals surface area contributed by atoms with Gasteiger partial charge in [-0.15, -0.1) is 0 Å². The van der Waals surface area contributed by atoms with Gasteiger partial charge in [0.25, 0.3) is 0 Å². The SMILES string of the molecule is CCCC1(c2ccc(Br)cc2)CCC1. The molecule has 14 heavy (non-hydrogen) atoms. The number of halogens is 1. The van der Waals surface area contributed by atoms with Crippen LogP contribution in [0.25, 0.3) is 0 Å². The van der Waals surface area contributed by atoms with E-state index in [-0.39, 0.29) is 0 Å². The van der Waals surface area contributed by atoms with Crippen LogP contribution in [0.1, 0.15) is 44.6 Å². The molecule has 0 nitrogen and oxygen atoms in total. The summed E-state index contributed by atoms with van der Waals surface area (Å²) >= 11 is 3.49. The molecule has 1 fully saturated rings. The summed E-state index contributed by atoms with van der Waals surface area (Å²) in [4.78, 5) is 0. The predicted octanol–water partition coefficient (Wildman–Crippen LogP) is 4.67. The average molecular weight is 253 g/mol. The Hall–Kier alpha value is -0.300. The summed E-state index contributed by atoms with van der Waals surface area (Å²) in [5.74, 6) is 0. The third-order valence-electron chi connectivity index (χ3n) is 3.50. The summed E-state index contributed by atoms with van der Waals surface area (Å²) in [6.07, 6.45) is 6.85. The lowest BCUT2D eigenvalue weighted by molar-refractivity contribution is 0.224. The first-order chi connectivity index (χ1) is 6.77. The molecule has 1 aromatic carbocycles. The number of hydrogen-bond acceptors (Lipinski definition) is 0. The highest BCUT2D eigenvalue weighted by Gasteiger charge is 2.37. The predicted molar refractivity (Wildman–Crippen MR) is 64.6 cm³/mol. The Balaban J connectivity index is 2.23. The van der Waals surface area contributed by atoms with Crippen LogP contribution < -0.4 is 0 Å². The minimum Gasteiger partial charge on any atom is -0.0654 e. The molecule has 1 aliphatic carbocycles. The van der Waals surface area contributed by atoms with Crippen molar-refractivity contribution >= 4 is 15.9 Å². The van der Waals surface area contributed by atoms with Gasteiger partial charge in [-0.1, -0.05) is 47.8 Å². The van der Waals surface area contributed by atoms with Crippen LogP contribution in [-0.2, 0) is 5.41 Å². The number of hydrogen-bond donors (Lipinski definition) is 0. The highest BCUT2D eigenvalue weighted by atomic mass is 79.9. The van der Waals surface area contributed by atoms with Crippen LogP contribution in [0.5, 0.6) is 0 Å². The minimum absolute atomic E-state index is 0.537. The molecular weight excluding hydrogens is 236 g/mol. The molecule has 0 aliphatic heterocycles. The second-order valence-corrected chi connectivity index (χ2v) is 5.31. The van der Waals surface area contributed by atoms with Crippen molar-refractivity contribution in [2.24, 2.45) is 0 Å². The maximum absolute atomic E-state index is 3.49. The van der Waals surface area contributed by atoms with Gasteiger partial charge in [0, 0.05) is 4.47 Å². The van der Waals surface area contributed by atoms with Crippen molar-refractivity contribution in [1.29, 1.82) is 0 Å². The van der Waals surface area contributed by atoms with E-state index in [0.717, 1.165) is 0 Å². The number of benzene rings is 1. The van der Waals surface area contributed by atoms with Crippen LogP contribution in [0.3, 0.4) is 0 Å². The second kappa shape index (κ2) is 4.06. The molecule has 1 saturated carbocycles. The Morgan fingerprint density at radius 2 is 1.86 bits per heavy atom. The van der Waals surface area contributed by atoms with Gasteiger partial charge >= 0.3 is 0 Å². The second-order valence-electron chi connectivity index (χ2n) is 4.39. The molecule has 0 saturated heterocycles. The van der Waals surface area contributed by atoms with Gasteiger partial charge in [-0.3, -0.25) is 0 Å². The standard InChI is InChI=1S/C13H17Br/c1-2-8-13(9-3-10-13)11-4-6-12(14)7-5-11/h4-7H,2-3,8-10H2,1H3. The smallest absolute Gasteiger partial charge is 0.0175 e. The van der Waals surface area contributed by atoms with Crippen molar-refractivity contribution in [1.82, 2.24) is 0 Å². The molecule has 0 aromatic heterocycles. The van der Waals surface area contributed by atoms with Crippen LogP contribution in [0.15, 0.2) is 28.7 Å². The molecule has 2 rings (SSSR count). The fourth-order valence-electron chi connectivity index (χ4n) is 2.57. The lowest BCUT2D eigenvalue weighted by Gasteiger charge is -2.42. The first kappa shape index (κ1) is 10.2. The summed E-state index contributed by atoms with van der Waals surface area (Å²) in [5.41, 5.74) is 2.09. The molecule has 0 heterocycles. The van der Waals surface area contributed by atoms with Crippen molar-refractivity contribution in [3.8, 4) is 0 Å². The molecular formula is C13H17Br. The topological polar surface area (TPSA) is 0 Å². The summed E-state index contributed by atoms with van der Waals surface area (Å²) in [6.45, 7) is 2.29. The first-order valence-corrected chi connectivity index (χ1v) is 6.32. The molecule has 1 aliphatic rings. The van der Waals surface area contributed by atoms with E-state index in [4.69, 9.17) is 0 Å². The van der Waals surface area contributed by atoms with Gasteiger partial charge in [0.05, 0.1) is 0 Å². The Kier molecular flexibility index (Phi) is 2.96. The molecule has 0 spiro atoms. The Bertz CT molecular complexity index is 296. The fourth-order valence-corrected chi connectivity index (χ4v) is 2.83. The molecule has 0 radical (unpaired) electrons. The summed E-state index contributed by atoms with van der Waals surface area (Å²) < 4.78 is 1.19. The molecule has 0 bridgehead atoms. The van der Waals surface area contributed by atoms with Gasteiger partial charge in [0.15, 0.2) is 0 Å². The van der Waals surface area contributed by atoms with Gasteiger partial charge in [-0.2, -0.15) is 0 Å². The Morgan fingerprint density at radius 3 is 2.29 bits per heavy atom. The van der Waals surface area contributed by atoms with E-state index < -0.39 is 0 Å². The van der Waals surface area contributed by atoms with E-state index >= 15 is 0 Å². The van der Waals surface area contributed by atoms with Gasteiger partial charge in [0.2, 0.25) is 0 Å². The van der Waals surface area contributed by atoms with Crippen molar-refractivity contribution in [2.75, 3.05) is 0 Å². The van der Waals surface area contributed by atoms with Gasteiger partial charge < -0.3 is 0 Å². The zero-order valence-electron chi connectivity index (χ0n) is 8.72. The zero-order valence-corrected chi connectivity index (χ0v) is 10.3. The zero-order chi connectivity index (χ0) is 10.0. The number of rotatable bonds is 3. The Labute approximate surface area is 94.8 Å². The van der Waals surface area contributed by atoms with Gasteiger partial charge in [-0.25, -0.2) is 0 Å². The van der Waals surface area contributed by atoms with E-state index in [9.17, 15) is 0 Å². The van der Waals surface area contributed by atoms with Crippen molar-refractivity contribution < 1.29 is 0 Å². The Morgan fingerprint density at radius 1 is 1.21 bits per heavy atom. The third-order valence-corrected chi connectivity index (χ3v) is 4.02.